The Morgan fingerprint density at radius 3 is 2.16 bits per heavy atom. The zero-order valence-electron chi connectivity index (χ0n) is 15.0. The molecule has 0 radical (unpaired) electrons. The summed E-state index contributed by atoms with van der Waals surface area (Å²) in [4.78, 5) is 34.3. The summed E-state index contributed by atoms with van der Waals surface area (Å²) in [6.45, 7) is 7.19. The van der Waals surface area contributed by atoms with Gasteiger partial charge >= 0.3 is 11.9 Å². The van der Waals surface area contributed by atoms with E-state index < -0.39 is 0 Å². The van der Waals surface area contributed by atoms with Crippen molar-refractivity contribution < 1.29 is 19.1 Å². The molecule has 25 heavy (non-hydrogen) atoms. The predicted molar refractivity (Wildman–Crippen MR) is 94.3 cm³/mol. The summed E-state index contributed by atoms with van der Waals surface area (Å²) in [5, 5.41) is 3.04. The molecule has 0 amide bonds. The number of carbonyl (C=O) groups excluding carboxylic acids is 2. The van der Waals surface area contributed by atoms with Crippen LogP contribution in [0.15, 0.2) is 4.99 Å². The Hall–Kier alpha value is -2.71. The molecule has 0 aliphatic heterocycles. The molecule has 0 saturated heterocycles. The van der Waals surface area contributed by atoms with Crippen LogP contribution in [0.25, 0.3) is 0 Å². The molecule has 3 N–H and O–H groups in total. The average molecular weight is 351 g/mol. The van der Waals surface area contributed by atoms with Gasteiger partial charge in [-0.05, 0) is 20.3 Å². The third-order valence-electron chi connectivity index (χ3n) is 3.30. The molecule has 1 rings (SSSR count). The van der Waals surface area contributed by atoms with Crippen LogP contribution in [-0.4, -0.2) is 48.0 Å². The first-order valence-corrected chi connectivity index (χ1v) is 7.91. The smallest absolute Gasteiger partial charge is 0.302 e. The maximum Gasteiger partial charge on any atom is 0.302 e. The number of hydrogen-bond donors (Lipinski definition) is 2. The van der Waals surface area contributed by atoms with E-state index in [1.807, 2.05) is 13.8 Å². The number of nitrogens with one attached hydrogen (secondary N) is 1. The van der Waals surface area contributed by atoms with Crippen LogP contribution in [-0.2, 0) is 19.1 Å². The second-order valence-corrected chi connectivity index (χ2v) is 5.57. The van der Waals surface area contributed by atoms with Crippen LogP contribution in [0.4, 0.5) is 11.6 Å². The van der Waals surface area contributed by atoms with Gasteiger partial charge in [0, 0.05) is 26.3 Å². The standard InChI is InChI=1S/C16H25N5O4/c1-10-15(11(2)21-16(17)20-10)19-9-18-6-5-14(7-24-12(3)22)8-25-13(4)23/h9,14H,5-8H2,1-4H3,(H,18,19)(H2,17,20,21). The molecule has 0 saturated carbocycles. The maximum atomic E-state index is 10.9. The molecule has 0 aliphatic carbocycles. The highest BCUT2D eigenvalue weighted by Gasteiger charge is 2.12. The van der Waals surface area contributed by atoms with Gasteiger partial charge in [-0.15, -0.1) is 0 Å². The first kappa shape index (κ1) is 20.3. The lowest BCUT2D eigenvalue weighted by Crippen LogP contribution is -2.20. The van der Waals surface area contributed by atoms with E-state index in [0.29, 0.717) is 13.0 Å². The van der Waals surface area contributed by atoms with Gasteiger partial charge in [0.25, 0.3) is 0 Å². The number of esters is 2. The molecule has 1 heterocycles. The lowest BCUT2D eigenvalue weighted by molar-refractivity contribution is -0.146. The number of nitrogen functional groups attached to an aromatic ring is 1. The van der Waals surface area contributed by atoms with E-state index in [1.165, 1.54) is 13.8 Å². The fourth-order valence-electron chi connectivity index (χ4n) is 2.07. The molecule has 9 nitrogen and oxygen atoms in total. The summed E-state index contributed by atoms with van der Waals surface area (Å²) in [5.74, 6) is -0.607. The summed E-state index contributed by atoms with van der Waals surface area (Å²) in [6, 6.07) is 0. The largest absolute Gasteiger partial charge is 0.465 e. The van der Waals surface area contributed by atoms with Gasteiger partial charge in [0.05, 0.1) is 36.6 Å². The molecule has 9 heteroatoms. The summed E-state index contributed by atoms with van der Waals surface area (Å²) in [6.07, 6.45) is 2.17. The number of aryl methyl sites for hydroxylation is 2. The van der Waals surface area contributed by atoms with E-state index in [1.54, 1.807) is 6.34 Å². The Morgan fingerprint density at radius 2 is 1.68 bits per heavy atom. The van der Waals surface area contributed by atoms with Crippen LogP contribution in [0.1, 0.15) is 31.7 Å². The van der Waals surface area contributed by atoms with E-state index in [4.69, 9.17) is 15.2 Å². The fourth-order valence-corrected chi connectivity index (χ4v) is 2.07. The number of nitrogens with two attached hydrogens (primary N) is 1. The van der Waals surface area contributed by atoms with Crippen LogP contribution in [0.5, 0.6) is 0 Å². The van der Waals surface area contributed by atoms with E-state index in [-0.39, 0.29) is 37.0 Å². The maximum absolute atomic E-state index is 10.9. The van der Waals surface area contributed by atoms with Crippen molar-refractivity contribution in [2.24, 2.45) is 10.9 Å². The number of anilines is 2. The Bertz CT molecular complexity index is 592. The van der Waals surface area contributed by atoms with Crippen molar-refractivity contribution in [2.75, 3.05) is 30.8 Å². The minimum Gasteiger partial charge on any atom is -0.465 e. The number of rotatable bonds is 9. The molecule has 0 fully saturated rings. The topological polar surface area (TPSA) is 129 Å². The highest BCUT2D eigenvalue weighted by molar-refractivity contribution is 5.77. The first-order valence-electron chi connectivity index (χ1n) is 7.91. The van der Waals surface area contributed by atoms with Gasteiger partial charge in [-0.2, -0.15) is 0 Å². The number of ether oxygens (including phenoxy) is 2. The van der Waals surface area contributed by atoms with Crippen molar-refractivity contribution in [3.05, 3.63) is 11.4 Å². The predicted octanol–water partition coefficient (Wildman–Crippen LogP) is 1.25. The minimum atomic E-state index is -0.368. The second kappa shape index (κ2) is 10.2. The monoisotopic (exact) mass is 351 g/mol. The molecular formula is C16H25N5O4. The molecule has 1 aromatic rings. The van der Waals surface area contributed by atoms with Gasteiger partial charge in [0.15, 0.2) is 0 Å². The molecule has 0 bridgehead atoms. The summed E-state index contributed by atoms with van der Waals surface area (Å²) < 4.78 is 9.96. The third-order valence-corrected chi connectivity index (χ3v) is 3.30. The number of carbonyl (C=O) groups is 2. The van der Waals surface area contributed by atoms with Crippen molar-refractivity contribution >= 4 is 29.9 Å². The zero-order chi connectivity index (χ0) is 18.8. The van der Waals surface area contributed by atoms with Crippen LogP contribution >= 0.6 is 0 Å². The van der Waals surface area contributed by atoms with Crippen molar-refractivity contribution in [1.82, 2.24) is 9.97 Å². The number of aliphatic imine (C=N–C) groups is 1. The summed E-state index contributed by atoms with van der Waals surface area (Å²) in [7, 11) is 0. The number of nitrogens with zero attached hydrogens (tertiary/aromatic N) is 3. The zero-order valence-corrected chi connectivity index (χ0v) is 15.0. The SMILES string of the molecule is CC(=O)OCC(CCN=CNc1c(C)nc(N)nc1C)COC(C)=O. The van der Waals surface area contributed by atoms with Crippen LogP contribution in [0.3, 0.4) is 0 Å². The molecule has 0 atom stereocenters. The number of aromatic nitrogens is 2. The van der Waals surface area contributed by atoms with Gasteiger partial charge in [0.1, 0.15) is 0 Å². The third kappa shape index (κ3) is 8.09. The highest BCUT2D eigenvalue weighted by Crippen LogP contribution is 2.16. The van der Waals surface area contributed by atoms with Crippen molar-refractivity contribution in [1.29, 1.82) is 0 Å². The molecule has 138 valence electrons. The van der Waals surface area contributed by atoms with Crippen molar-refractivity contribution in [3.8, 4) is 0 Å². The minimum absolute atomic E-state index is 0.103. The fraction of sp³-hybridized carbons (Fsp3) is 0.562. The first-order chi connectivity index (χ1) is 11.8. The highest BCUT2D eigenvalue weighted by atomic mass is 16.5. The summed E-state index contributed by atoms with van der Waals surface area (Å²) >= 11 is 0. The molecule has 0 spiro atoms. The lowest BCUT2D eigenvalue weighted by atomic mass is 10.1. The van der Waals surface area contributed by atoms with Gasteiger partial charge < -0.3 is 20.5 Å². The normalized spacial score (nSPS) is 10.9. The average Bonchev–Trinajstić information content (AvgIpc) is 2.50. The van der Waals surface area contributed by atoms with Crippen molar-refractivity contribution in [3.63, 3.8) is 0 Å². The van der Waals surface area contributed by atoms with Gasteiger partial charge in [0.2, 0.25) is 5.95 Å². The Kier molecular flexibility index (Phi) is 8.31. The Labute approximate surface area is 147 Å². The lowest BCUT2D eigenvalue weighted by Gasteiger charge is -2.15. The van der Waals surface area contributed by atoms with E-state index in [9.17, 15) is 9.59 Å². The van der Waals surface area contributed by atoms with Gasteiger partial charge in [-0.3, -0.25) is 14.6 Å². The molecule has 0 aliphatic rings. The van der Waals surface area contributed by atoms with E-state index >= 15 is 0 Å². The number of hydrogen-bond acceptors (Lipinski definition) is 8. The van der Waals surface area contributed by atoms with Gasteiger partial charge in [-0.25, -0.2) is 9.97 Å². The van der Waals surface area contributed by atoms with Crippen molar-refractivity contribution in [2.45, 2.75) is 34.1 Å². The second-order valence-electron chi connectivity index (χ2n) is 5.57. The quantitative estimate of drug-likeness (QED) is 0.386. The Morgan fingerprint density at radius 1 is 1.16 bits per heavy atom. The molecule has 0 unspecified atom stereocenters. The van der Waals surface area contributed by atoms with E-state index in [0.717, 1.165) is 17.1 Å². The van der Waals surface area contributed by atoms with Crippen LogP contribution in [0, 0.1) is 19.8 Å². The Balaban J connectivity index is 2.49. The molecule has 1 aromatic heterocycles. The van der Waals surface area contributed by atoms with Crippen LogP contribution in [0.2, 0.25) is 0 Å². The summed E-state index contributed by atoms with van der Waals surface area (Å²) in [5.41, 5.74) is 7.81. The van der Waals surface area contributed by atoms with Gasteiger partial charge in [-0.1, -0.05) is 0 Å². The van der Waals surface area contributed by atoms with Crippen LogP contribution < -0.4 is 11.1 Å². The molecule has 0 aromatic carbocycles. The van der Waals surface area contributed by atoms with E-state index in [2.05, 4.69) is 20.3 Å². The molecular weight excluding hydrogens is 326 g/mol.